The van der Waals surface area contributed by atoms with Crippen LogP contribution in [-0.4, -0.2) is 36.0 Å². The third-order valence-corrected chi connectivity index (χ3v) is 5.60. The Morgan fingerprint density at radius 2 is 1.63 bits per heavy atom. The summed E-state index contributed by atoms with van der Waals surface area (Å²) in [6.07, 6.45) is -0.424. The van der Waals surface area contributed by atoms with E-state index in [0.717, 1.165) is 12.1 Å². The molecule has 3 aromatic heterocycles. The molecule has 0 unspecified atom stereocenters. The van der Waals surface area contributed by atoms with E-state index in [1.54, 1.807) is 25.1 Å². The van der Waals surface area contributed by atoms with Crippen molar-refractivity contribution in [2.24, 2.45) is 0 Å². The van der Waals surface area contributed by atoms with Crippen molar-refractivity contribution in [1.82, 2.24) is 29.3 Å². The molecule has 194 valence electrons. The van der Waals surface area contributed by atoms with E-state index in [1.165, 1.54) is 63.0 Å². The minimum Gasteiger partial charge on any atom is -0.417 e. The van der Waals surface area contributed by atoms with Gasteiger partial charge in [-0.2, -0.15) is 37.2 Å². The summed E-state index contributed by atoms with van der Waals surface area (Å²) >= 11 is 0. The van der Waals surface area contributed by atoms with Gasteiger partial charge in [0.25, 0.3) is 0 Å². The Kier molecular flexibility index (Phi) is 6.27. The van der Waals surface area contributed by atoms with Gasteiger partial charge in [-0.1, -0.05) is 6.07 Å². The predicted octanol–water partition coefficient (Wildman–Crippen LogP) is 5.20. The molecule has 13 heteroatoms. The molecule has 5 aromatic rings. The number of rotatable bonds is 6. The maximum Gasteiger partial charge on any atom is 0.416 e. The van der Waals surface area contributed by atoms with Crippen LogP contribution in [0.2, 0.25) is 0 Å². The summed E-state index contributed by atoms with van der Waals surface area (Å²) in [6, 6.07) is 13.6. The smallest absolute Gasteiger partial charge is 0.416 e. The molecule has 0 aliphatic rings. The van der Waals surface area contributed by atoms with Crippen molar-refractivity contribution in [3.8, 4) is 34.3 Å². The third-order valence-electron chi connectivity index (χ3n) is 5.60. The fourth-order valence-electron chi connectivity index (χ4n) is 3.92. The first-order chi connectivity index (χ1) is 18.1. The molecule has 0 radical (unpaired) electrons. The van der Waals surface area contributed by atoms with Crippen LogP contribution in [-0.2, 0) is 6.18 Å². The van der Waals surface area contributed by atoms with E-state index in [1.807, 2.05) is 0 Å². The number of aryl methyl sites for hydroxylation is 1. The first-order valence-corrected chi connectivity index (χ1v) is 11.0. The van der Waals surface area contributed by atoms with Gasteiger partial charge in [-0.05, 0) is 55.0 Å². The quantitative estimate of drug-likeness (QED) is 0.283. The van der Waals surface area contributed by atoms with Crippen LogP contribution in [0.1, 0.15) is 11.1 Å². The van der Waals surface area contributed by atoms with Crippen LogP contribution in [0.3, 0.4) is 0 Å². The van der Waals surface area contributed by atoms with E-state index < -0.39 is 23.8 Å². The van der Waals surface area contributed by atoms with Gasteiger partial charge < -0.3 is 4.74 Å². The number of alkyl halides is 5. The molecule has 38 heavy (non-hydrogen) atoms. The molecule has 0 saturated heterocycles. The molecule has 0 amide bonds. The fraction of sp³-hybridized carbons (Fsp3) is 0.120. The summed E-state index contributed by atoms with van der Waals surface area (Å²) in [5, 5.41) is 12.5. The van der Waals surface area contributed by atoms with Crippen molar-refractivity contribution >= 4 is 0 Å². The van der Waals surface area contributed by atoms with Crippen molar-refractivity contribution in [3.63, 3.8) is 0 Å². The highest BCUT2D eigenvalue weighted by molar-refractivity contribution is 5.58. The zero-order valence-corrected chi connectivity index (χ0v) is 19.5. The van der Waals surface area contributed by atoms with Gasteiger partial charge in [0.05, 0.1) is 40.7 Å². The minimum absolute atomic E-state index is 0.0365. The van der Waals surface area contributed by atoms with Gasteiger partial charge in [0.1, 0.15) is 0 Å². The summed E-state index contributed by atoms with van der Waals surface area (Å²) in [7, 11) is 0. The summed E-state index contributed by atoms with van der Waals surface area (Å²) in [6.45, 7) is -1.26. The van der Waals surface area contributed by atoms with Gasteiger partial charge >= 0.3 is 12.8 Å². The molecular formula is C25H17F5N6O2. The molecule has 0 atom stereocenters. The topological polar surface area (TPSA) is 79.8 Å². The van der Waals surface area contributed by atoms with Crippen molar-refractivity contribution in [2.75, 3.05) is 0 Å². The molecule has 0 N–H and O–H groups in total. The number of benzene rings is 2. The molecule has 0 fully saturated rings. The number of hydrogen-bond acceptors (Lipinski definition) is 5. The van der Waals surface area contributed by atoms with E-state index in [-0.39, 0.29) is 23.0 Å². The highest BCUT2D eigenvalue weighted by Gasteiger charge is 2.30. The monoisotopic (exact) mass is 528 g/mol. The van der Waals surface area contributed by atoms with E-state index in [4.69, 9.17) is 0 Å². The first kappa shape index (κ1) is 24.9. The van der Waals surface area contributed by atoms with Gasteiger partial charge in [-0.3, -0.25) is 4.79 Å². The third kappa shape index (κ3) is 4.77. The van der Waals surface area contributed by atoms with Gasteiger partial charge in [-0.25, -0.2) is 14.0 Å². The molecule has 5 rings (SSSR count). The average Bonchev–Trinajstić information content (AvgIpc) is 3.54. The van der Waals surface area contributed by atoms with Gasteiger partial charge in [0.2, 0.25) is 11.3 Å². The normalized spacial score (nSPS) is 11.8. The summed E-state index contributed by atoms with van der Waals surface area (Å²) in [5.41, 5.74) is 0.625. The first-order valence-electron chi connectivity index (χ1n) is 11.0. The highest BCUT2D eigenvalue weighted by atomic mass is 19.4. The number of aromatic nitrogens is 6. The van der Waals surface area contributed by atoms with Crippen LogP contribution >= 0.6 is 0 Å². The van der Waals surface area contributed by atoms with E-state index in [0.29, 0.717) is 16.9 Å². The van der Waals surface area contributed by atoms with Crippen molar-refractivity contribution in [3.05, 3.63) is 101 Å². The Morgan fingerprint density at radius 1 is 0.895 bits per heavy atom. The molecule has 0 saturated carbocycles. The highest BCUT2D eigenvalue weighted by Crippen LogP contribution is 2.31. The van der Waals surface area contributed by atoms with Crippen molar-refractivity contribution in [1.29, 1.82) is 0 Å². The van der Waals surface area contributed by atoms with E-state index in [2.05, 4.69) is 20.0 Å². The second-order valence-electron chi connectivity index (χ2n) is 8.08. The lowest BCUT2D eigenvalue weighted by Gasteiger charge is -2.14. The van der Waals surface area contributed by atoms with Crippen LogP contribution in [0.5, 0.6) is 5.88 Å². The molecular weight excluding hydrogens is 511 g/mol. The molecule has 0 bridgehead atoms. The lowest BCUT2D eigenvalue weighted by molar-refractivity contribution is -0.137. The van der Waals surface area contributed by atoms with Gasteiger partial charge in [0, 0.05) is 18.3 Å². The standard InChI is InChI=1S/C25H17F5N6O2/c1-15-13-18(36-22(8-11-32-36)38-24(26)27)5-6-19(15)34-12-9-21(37)23(33-34)20-7-10-31-35(20)17-4-2-3-16(14-17)25(28,29)30/h2-14,24H,1H3. The maximum atomic E-state index is 13.2. The van der Waals surface area contributed by atoms with Crippen LogP contribution in [0.25, 0.3) is 28.5 Å². The van der Waals surface area contributed by atoms with Crippen LogP contribution in [0.4, 0.5) is 22.0 Å². The zero-order chi connectivity index (χ0) is 27.0. The van der Waals surface area contributed by atoms with Gasteiger partial charge in [-0.15, -0.1) is 0 Å². The minimum atomic E-state index is -4.55. The molecule has 2 aromatic carbocycles. The molecule has 3 heterocycles. The Balaban J connectivity index is 1.53. The molecule has 0 aliphatic heterocycles. The average molecular weight is 528 g/mol. The van der Waals surface area contributed by atoms with E-state index in [9.17, 15) is 26.7 Å². The number of ether oxygens (including phenoxy) is 1. The Hall–Kier alpha value is -4.81. The SMILES string of the molecule is Cc1cc(-n2nccc2OC(F)F)ccc1-n1ccc(=O)c(-c2ccnn2-c2cccc(C(F)(F)F)c2)n1. The van der Waals surface area contributed by atoms with Crippen LogP contribution in [0.15, 0.2) is 84.0 Å². The Bertz CT molecular complexity index is 1670. The number of halogens is 5. The predicted molar refractivity (Wildman–Crippen MR) is 126 cm³/mol. The Morgan fingerprint density at radius 3 is 2.37 bits per heavy atom. The lowest BCUT2D eigenvalue weighted by Crippen LogP contribution is -2.15. The number of nitrogens with zero attached hydrogens (tertiary/aromatic N) is 6. The summed E-state index contributed by atoms with van der Waals surface area (Å²) in [4.78, 5) is 12.7. The molecule has 0 spiro atoms. The van der Waals surface area contributed by atoms with Crippen LogP contribution < -0.4 is 10.2 Å². The van der Waals surface area contributed by atoms with Crippen molar-refractivity contribution in [2.45, 2.75) is 19.7 Å². The van der Waals surface area contributed by atoms with Crippen molar-refractivity contribution < 1.29 is 26.7 Å². The summed E-state index contributed by atoms with van der Waals surface area (Å²) < 4.78 is 73.4. The summed E-state index contributed by atoms with van der Waals surface area (Å²) in [5.74, 6) is -0.140. The second-order valence-corrected chi connectivity index (χ2v) is 8.08. The lowest BCUT2D eigenvalue weighted by atomic mass is 10.1. The van der Waals surface area contributed by atoms with Crippen LogP contribution in [0, 0.1) is 6.92 Å². The fourth-order valence-corrected chi connectivity index (χ4v) is 3.92. The van der Waals surface area contributed by atoms with Gasteiger partial charge in [0.15, 0.2) is 5.69 Å². The Labute approximate surface area is 211 Å². The molecule has 0 aliphatic carbocycles. The molecule has 8 nitrogen and oxygen atoms in total. The second kappa shape index (κ2) is 9.57. The maximum absolute atomic E-state index is 13.2. The zero-order valence-electron chi connectivity index (χ0n) is 19.5. The largest absolute Gasteiger partial charge is 0.417 e. The van der Waals surface area contributed by atoms with E-state index >= 15 is 0 Å². The number of hydrogen-bond donors (Lipinski definition) is 0.